The van der Waals surface area contributed by atoms with E-state index in [1.54, 1.807) is 47.4 Å². The number of ether oxygens (including phenoxy) is 1. The Kier molecular flexibility index (Phi) is 4.21. The number of aryl methyl sites for hydroxylation is 1. The second-order valence-corrected chi connectivity index (χ2v) is 8.68. The maximum Gasteiger partial charge on any atom is 0.258 e. The van der Waals surface area contributed by atoms with Gasteiger partial charge in [0.1, 0.15) is 5.75 Å². The molecule has 1 aromatic carbocycles. The van der Waals surface area contributed by atoms with E-state index >= 15 is 0 Å². The number of nitrogens with one attached hydrogen (secondary N) is 2. The van der Waals surface area contributed by atoms with Gasteiger partial charge < -0.3 is 15.4 Å². The lowest BCUT2D eigenvalue weighted by molar-refractivity contribution is -0.141. The van der Waals surface area contributed by atoms with E-state index in [9.17, 15) is 9.59 Å². The van der Waals surface area contributed by atoms with E-state index in [-0.39, 0.29) is 29.5 Å². The molecule has 3 aliphatic rings. The van der Waals surface area contributed by atoms with Gasteiger partial charge in [0.25, 0.3) is 11.8 Å². The third-order valence-electron chi connectivity index (χ3n) is 5.82. The normalized spacial score (nSPS) is 23.9. The van der Waals surface area contributed by atoms with Gasteiger partial charge in [0.15, 0.2) is 12.3 Å². The molecule has 2 heterocycles. The molecule has 3 fully saturated rings. The highest BCUT2D eigenvalue weighted by Crippen LogP contribution is 2.60. The van der Waals surface area contributed by atoms with Crippen molar-refractivity contribution in [3.05, 3.63) is 59.0 Å². The smallest absolute Gasteiger partial charge is 0.258 e. The molecule has 2 aromatic heterocycles. The van der Waals surface area contributed by atoms with Crippen LogP contribution in [0.4, 0.5) is 0 Å². The van der Waals surface area contributed by atoms with Crippen LogP contribution in [0.25, 0.3) is 5.65 Å². The highest BCUT2D eigenvalue weighted by molar-refractivity contribution is 6.31. The van der Waals surface area contributed by atoms with E-state index in [1.165, 1.54) is 0 Å². The standard InChI is InChI=1S/C21H20ClN5O3/c1-13-6-15(2-3-16(13)22)30-9-18(28)25-20-10-21(11-20,12-20)26-19(29)14-7-23-17-4-5-24-27(17)8-14/h2-8H,9-12H2,1H3,(H,25,28)(H,26,29). The average Bonchev–Trinajstić information content (AvgIpc) is 3.14. The van der Waals surface area contributed by atoms with Crippen LogP contribution < -0.4 is 15.4 Å². The van der Waals surface area contributed by atoms with Crippen LogP contribution in [0.5, 0.6) is 5.75 Å². The third-order valence-corrected chi connectivity index (χ3v) is 6.25. The van der Waals surface area contributed by atoms with Gasteiger partial charge >= 0.3 is 0 Å². The molecular formula is C21H20ClN5O3. The van der Waals surface area contributed by atoms with Crippen LogP contribution in [-0.2, 0) is 4.79 Å². The number of nitrogens with zero attached hydrogens (tertiary/aromatic N) is 3. The van der Waals surface area contributed by atoms with Crippen LogP contribution in [0.15, 0.2) is 42.9 Å². The van der Waals surface area contributed by atoms with Gasteiger partial charge in [0.05, 0.1) is 11.8 Å². The highest BCUT2D eigenvalue weighted by atomic mass is 35.5. The summed E-state index contributed by atoms with van der Waals surface area (Å²) in [6.07, 6.45) is 7.00. The third kappa shape index (κ3) is 3.27. The average molecular weight is 426 g/mol. The molecule has 0 saturated heterocycles. The fraction of sp³-hybridized carbons (Fsp3) is 0.333. The van der Waals surface area contributed by atoms with Crippen molar-refractivity contribution in [3.8, 4) is 5.75 Å². The van der Waals surface area contributed by atoms with Gasteiger partial charge in [-0.05, 0) is 49.9 Å². The molecule has 154 valence electrons. The Morgan fingerprint density at radius 3 is 2.73 bits per heavy atom. The van der Waals surface area contributed by atoms with Gasteiger partial charge in [0.2, 0.25) is 0 Å². The van der Waals surface area contributed by atoms with Gasteiger partial charge in [0, 0.05) is 34.6 Å². The lowest BCUT2D eigenvalue weighted by atomic mass is 9.44. The minimum absolute atomic E-state index is 0.0578. The summed E-state index contributed by atoms with van der Waals surface area (Å²) in [5, 5.41) is 10.9. The zero-order chi connectivity index (χ0) is 20.9. The number of aromatic nitrogens is 3. The first-order valence-corrected chi connectivity index (χ1v) is 10.1. The van der Waals surface area contributed by atoms with Crippen molar-refractivity contribution in [3.63, 3.8) is 0 Å². The Balaban J connectivity index is 1.11. The van der Waals surface area contributed by atoms with Gasteiger partial charge in [-0.15, -0.1) is 0 Å². The lowest BCUT2D eigenvalue weighted by Crippen LogP contribution is -2.84. The Labute approximate surface area is 177 Å². The maximum absolute atomic E-state index is 12.6. The SMILES string of the molecule is Cc1cc(OCC(=O)NC23CC(NC(=O)c4cnc5ccnn5c4)(C2)C3)ccc1Cl. The molecule has 8 nitrogen and oxygen atoms in total. The first-order chi connectivity index (χ1) is 14.4. The topological polar surface area (TPSA) is 97.6 Å². The molecule has 0 radical (unpaired) electrons. The molecular weight excluding hydrogens is 406 g/mol. The molecule has 0 atom stereocenters. The summed E-state index contributed by atoms with van der Waals surface area (Å²) in [5.41, 5.74) is 1.55. The second-order valence-electron chi connectivity index (χ2n) is 8.27. The zero-order valence-electron chi connectivity index (χ0n) is 16.3. The number of amides is 2. The van der Waals surface area contributed by atoms with E-state index in [4.69, 9.17) is 16.3 Å². The minimum Gasteiger partial charge on any atom is -0.484 e. The molecule has 3 aromatic rings. The fourth-order valence-electron chi connectivity index (χ4n) is 4.48. The first-order valence-electron chi connectivity index (χ1n) is 9.67. The second kappa shape index (κ2) is 6.70. The molecule has 2 bridgehead atoms. The van der Waals surface area contributed by atoms with Crippen LogP contribution in [-0.4, -0.2) is 44.1 Å². The molecule has 3 saturated carbocycles. The molecule has 6 rings (SSSR count). The number of hydrogen-bond donors (Lipinski definition) is 2. The number of halogens is 1. The molecule has 0 unspecified atom stereocenters. The number of carbonyl (C=O) groups excluding carboxylic acids is 2. The van der Waals surface area contributed by atoms with Crippen molar-refractivity contribution in [2.45, 2.75) is 37.3 Å². The van der Waals surface area contributed by atoms with Crippen molar-refractivity contribution in [1.82, 2.24) is 25.2 Å². The minimum atomic E-state index is -0.252. The lowest BCUT2D eigenvalue weighted by Gasteiger charge is -2.70. The Morgan fingerprint density at radius 1 is 1.20 bits per heavy atom. The number of fused-ring (bicyclic) bond motifs is 1. The van der Waals surface area contributed by atoms with E-state index in [0.717, 1.165) is 24.8 Å². The number of benzene rings is 1. The maximum atomic E-state index is 12.6. The zero-order valence-corrected chi connectivity index (χ0v) is 17.1. The summed E-state index contributed by atoms with van der Waals surface area (Å²) in [4.78, 5) is 29.1. The van der Waals surface area contributed by atoms with Crippen LogP contribution in [0.2, 0.25) is 5.02 Å². The summed E-state index contributed by atoms with van der Waals surface area (Å²) in [5.74, 6) is 0.257. The first kappa shape index (κ1) is 18.9. The summed E-state index contributed by atoms with van der Waals surface area (Å²) in [6, 6.07) is 7.06. The predicted octanol–water partition coefficient (Wildman–Crippen LogP) is 2.29. The quantitative estimate of drug-likeness (QED) is 0.631. The number of rotatable bonds is 6. The van der Waals surface area contributed by atoms with Gasteiger partial charge in [-0.3, -0.25) is 9.59 Å². The van der Waals surface area contributed by atoms with Crippen LogP contribution in [0.3, 0.4) is 0 Å². The summed E-state index contributed by atoms with van der Waals surface area (Å²) in [6.45, 7) is 1.83. The van der Waals surface area contributed by atoms with Gasteiger partial charge in [-0.2, -0.15) is 5.10 Å². The molecule has 9 heteroatoms. The van der Waals surface area contributed by atoms with Crippen LogP contribution >= 0.6 is 11.6 Å². The Hall–Kier alpha value is -3.13. The highest BCUT2D eigenvalue weighted by Gasteiger charge is 2.69. The monoisotopic (exact) mass is 425 g/mol. The number of carbonyl (C=O) groups is 2. The van der Waals surface area contributed by atoms with Crippen molar-refractivity contribution in [1.29, 1.82) is 0 Å². The van der Waals surface area contributed by atoms with Crippen molar-refractivity contribution in [2.24, 2.45) is 0 Å². The number of hydrogen-bond acceptors (Lipinski definition) is 5. The summed E-state index contributed by atoms with van der Waals surface area (Å²) < 4.78 is 7.13. The molecule has 30 heavy (non-hydrogen) atoms. The molecule has 2 N–H and O–H groups in total. The summed E-state index contributed by atoms with van der Waals surface area (Å²) in [7, 11) is 0. The van der Waals surface area contributed by atoms with E-state index < -0.39 is 0 Å². The van der Waals surface area contributed by atoms with Crippen LogP contribution in [0, 0.1) is 6.92 Å². The van der Waals surface area contributed by atoms with Crippen molar-refractivity contribution < 1.29 is 14.3 Å². The van der Waals surface area contributed by atoms with E-state index in [2.05, 4.69) is 20.7 Å². The fourth-order valence-corrected chi connectivity index (χ4v) is 4.60. The predicted molar refractivity (Wildman–Crippen MR) is 110 cm³/mol. The molecule has 3 aliphatic carbocycles. The largest absolute Gasteiger partial charge is 0.484 e. The molecule has 2 amide bonds. The van der Waals surface area contributed by atoms with E-state index in [1.807, 2.05) is 6.92 Å². The van der Waals surface area contributed by atoms with Gasteiger partial charge in [-0.25, -0.2) is 9.50 Å². The summed E-state index contributed by atoms with van der Waals surface area (Å²) >= 11 is 6.00. The van der Waals surface area contributed by atoms with Crippen molar-refractivity contribution in [2.75, 3.05) is 6.61 Å². The van der Waals surface area contributed by atoms with E-state index in [0.29, 0.717) is 22.0 Å². The molecule has 0 aliphatic heterocycles. The Bertz CT molecular complexity index is 1150. The van der Waals surface area contributed by atoms with Crippen LogP contribution in [0.1, 0.15) is 35.2 Å². The molecule has 0 spiro atoms. The van der Waals surface area contributed by atoms with Crippen molar-refractivity contribution >= 4 is 29.1 Å². The van der Waals surface area contributed by atoms with Gasteiger partial charge in [-0.1, -0.05) is 11.6 Å². The Morgan fingerprint density at radius 2 is 1.97 bits per heavy atom.